The number of nitrogens with zero attached hydrogens (tertiary/aromatic N) is 1. The number of anilines is 1. The zero-order chi connectivity index (χ0) is 13.7. The van der Waals surface area contributed by atoms with E-state index in [0.717, 1.165) is 0 Å². The van der Waals surface area contributed by atoms with Crippen LogP contribution in [-0.2, 0) is 21.8 Å². The van der Waals surface area contributed by atoms with Crippen molar-refractivity contribution in [3.8, 4) is 0 Å². The van der Waals surface area contributed by atoms with Crippen LogP contribution in [0.2, 0.25) is 0 Å². The molecule has 0 aliphatic carbocycles. The van der Waals surface area contributed by atoms with Crippen molar-refractivity contribution in [1.29, 1.82) is 0 Å². The second-order valence-electron chi connectivity index (χ2n) is 3.48. The molecule has 0 spiro atoms. The van der Waals surface area contributed by atoms with E-state index in [1.54, 1.807) is 6.92 Å². The van der Waals surface area contributed by atoms with Crippen molar-refractivity contribution < 1.29 is 18.3 Å². The molecule has 0 saturated heterocycles. The molecule has 0 fully saturated rings. The Bertz CT molecular complexity index is 441. The molecule has 4 nitrogen and oxygen atoms in total. The highest BCUT2D eigenvalue weighted by Gasteiger charge is 2.18. The Balaban J connectivity index is 3.05. The summed E-state index contributed by atoms with van der Waals surface area (Å²) >= 11 is 5.62. The summed E-state index contributed by atoms with van der Waals surface area (Å²) in [6.07, 6.45) is -2.86. The van der Waals surface area contributed by atoms with Gasteiger partial charge in [-0.1, -0.05) is 0 Å². The Labute approximate surface area is 108 Å². The molecule has 0 unspecified atom stereocenters. The average molecular weight is 279 g/mol. The second kappa shape index (κ2) is 6.49. The van der Waals surface area contributed by atoms with Gasteiger partial charge >= 0.3 is 5.97 Å². The summed E-state index contributed by atoms with van der Waals surface area (Å²) in [7, 11) is 0. The van der Waals surface area contributed by atoms with Crippen LogP contribution in [0.3, 0.4) is 0 Å². The summed E-state index contributed by atoms with van der Waals surface area (Å²) in [4.78, 5) is 15.0. The summed E-state index contributed by atoms with van der Waals surface area (Å²) in [6.45, 7) is 1.92. The SMILES string of the molecule is CCOC(=O)Cc1cc(N)c(C(F)F)nc1CCl. The topological polar surface area (TPSA) is 65.2 Å². The summed E-state index contributed by atoms with van der Waals surface area (Å²) in [5.74, 6) is -0.552. The smallest absolute Gasteiger partial charge is 0.310 e. The van der Waals surface area contributed by atoms with Gasteiger partial charge in [-0.3, -0.25) is 4.79 Å². The summed E-state index contributed by atoms with van der Waals surface area (Å²) < 4.78 is 29.9. The van der Waals surface area contributed by atoms with E-state index in [1.807, 2.05) is 0 Å². The maximum Gasteiger partial charge on any atom is 0.310 e. The zero-order valence-corrected chi connectivity index (χ0v) is 10.5. The number of alkyl halides is 3. The fraction of sp³-hybridized carbons (Fsp3) is 0.455. The molecule has 0 bridgehead atoms. The van der Waals surface area contributed by atoms with E-state index in [0.29, 0.717) is 5.56 Å². The summed E-state index contributed by atoms with van der Waals surface area (Å²) in [5, 5.41) is 0. The van der Waals surface area contributed by atoms with E-state index in [1.165, 1.54) is 6.07 Å². The number of esters is 1. The van der Waals surface area contributed by atoms with Crippen molar-refractivity contribution in [3.05, 3.63) is 23.0 Å². The fourth-order valence-corrected chi connectivity index (χ4v) is 1.67. The number of hydrogen-bond donors (Lipinski definition) is 1. The first kappa shape index (κ1) is 14.6. The first-order chi connectivity index (χ1) is 8.49. The minimum Gasteiger partial charge on any atom is -0.466 e. The molecule has 1 aromatic heterocycles. The Morgan fingerprint density at radius 1 is 1.61 bits per heavy atom. The number of hydrogen-bond acceptors (Lipinski definition) is 4. The number of rotatable bonds is 5. The largest absolute Gasteiger partial charge is 0.466 e. The Kier molecular flexibility index (Phi) is 5.27. The zero-order valence-electron chi connectivity index (χ0n) is 9.75. The maximum atomic E-state index is 12.6. The molecule has 0 aliphatic heterocycles. The molecule has 100 valence electrons. The van der Waals surface area contributed by atoms with E-state index in [2.05, 4.69) is 4.98 Å². The lowest BCUT2D eigenvalue weighted by Gasteiger charge is -2.11. The molecule has 0 radical (unpaired) electrons. The monoisotopic (exact) mass is 278 g/mol. The van der Waals surface area contributed by atoms with Crippen LogP contribution in [-0.4, -0.2) is 17.6 Å². The average Bonchev–Trinajstić information content (AvgIpc) is 2.29. The predicted octanol–water partition coefficient (Wildman–Crippen LogP) is 2.45. The number of nitrogen functional groups attached to an aromatic ring is 1. The molecule has 18 heavy (non-hydrogen) atoms. The lowest BCUT2D eigenvalue weighted by Crippen LogP contribution is -2.12. The molecular formula is C11H13ClF2N2O2. The molecule has 0 amide bonds. The van der Waals surface area contributed by atoms with Crippen molar-refractivity contribution in [1.82, 2.24) is 4.98 Å². The standard InChI is InChI=1S/C11H13ClF2N2O2/c1-2-18-9(17)4-6-3-7(15)10(11(13)14)16-8(6)5-12/h3,11H,2,4-5,15H2,1H3. The molecule has 2 N–H and O–H groups in total. The second-order valence-corrected chi connectivity index (χ2v) is 3.75. The van der Waals surface area contributed by atoms with Gasteiger partial charge < -0.3 is 10.5 Å². The number of nitrogens with two attached hydrogens (primary N) is 1. The Hall–Kier alpha value is -1.43. The molecular weight excluding hydrogens is 266 g/mol. The van der Waals surface area contributed by atoms with E-state index < -0.39 is 18.1 Å². The van der Waals surface area contributed by atoms with Gasteiger partial charge in [-0.2, -0.15) is 0 Å². The van der Waals surface area contributed by atoms with Crippen LogP contribution in [0.15, 0.2) is 6.07 Å². The molecule has 7 heteroatoms. The van der Waals surface area contributed by atoms with E-state index >= 15 is 0 Å². The molecule has 0 aromatic carbocycles. The number of halogens is 3. The first-order valence-electron chi connectivity index (χ1n) is 5.27. The van der Waals surface area contributed by atoms with Gasteiger partial charge in [0.25, 0.3) is 6.43 Å². The third kappa shape index (κ3) is 3.53. The highest BCUT2D eigenvalue weighted by molar-refractivity contribution is 6.17. The number of ether oxygens (including phenoxy) is 1. The van der Waals surface area contributed by atoms with Crippen molar-refractivity contribution in [2.45, 2.75) is 25.7 Å². The normalized spacial score (nSPS) is 10.7. The van der Waals surface area contributed by atoms with Crippen LogP contribution in [0.5, 0.6) is 0 Å². The van der Waals surface area contributed by atoms with Crippen LogP contribution in [0.4, 0.5) is 14.5 Å². The molecule has 1 heterocycles. The number of aromatic nitrogens is 1. The Morgan fingerprint density at radius 3 is 2.78 bits per heavy atom. The summed E-state index contributed by atoms with van der Waals surface area (Å²) in [6, 6.07) is 1.29. The number of carbonyl (C=O) groups is 1. The fourth-order valence-electron chi connectivity index (χ4n) is 1.44. The van der Waals surface area contributed by atoms with Crippen LogP contribution < -0.4 is 5.73 Å². The van der Waals surface area contributed by atoms with Crippen molar-refractivity contribution in [3.63, 3.8) is 0 Å². The van der Waals surface area contributed by atoms with Gasteiger partial charge in [0.1, 0.15) is 5.69 Å². The van der Waals surface area contributed by atoms with Crippen LogP contribution >= 0.6 is 11.6 Å². The minimum absolute atomic E-state index is 0.0747. The maximum absolute atomic E-state index is 12.6. The van der Waals surface area contributed by atoms with E-state index in [9.17, 15) is 13.6 Å². The lowest BCUT2D eigenvalue weighted by molar-refractivity contribution is -0.142. The van der Waals surface area contributed by atoms with Crippen molar-refractivity contribution in [2.75, 3.05) is 12.3 Å². The lowest BCUT2D eigenvalue weighted by atomic mass is 10.1. The van der Waals surface area contributed by atoms with Gasteiger partial charge in [0.2, 0.25) is 0 Å². The van der Waals surface area contributed by atoms with Gasteiger partial charge in [-0.05, 0) is 18.6 Å². The van der Waals surface area contributed by atoms with E-state index in [4.69, 9.17) is 22.1 Å². The third-order valence-electron chi connectivity index (χ3n) is 2.22. The van der Waals surface area contributed by atoms with E-state index in [-0.39, 0.29) is 30.3 Å². The highest BCUT2D eigenvalue weighted by atomic mass is 35.5. The molecule has 0 atom stereocenters. The molecule has 0 aliphatic rings. The van der Waals surface area contributed by atoms with Gasteiger partial charge in [0, 0.05) is 0 Å². The molecule has 1 rings (SSSR count). The Morgan fingerprint density at radius 2 is 2.28 bits per heavy atom. The van der Waals surface area contributed by atoms with Gasteiger partial charge in [-0.15, -0.1) is 11.6 Å². The quantitative estimate of drug-likeness (QED) is 0.664. The molecule has 1 aromatic rings. The van der Waals surface area contributed by atoms with Gasteiger partial charge in [-0.25, -0.2) is 13.8 Å². The minimum atomic E-state index is -2.77. The van der Waals surface area contributed by atoms with Crippen molar-refractivity contribution in [2.24, 2.45) is 0 Å². The first-order valence-corrected chi connectivity index (χ1v) is 5.80. The van der Waals surface area contributed by atoms with Gasteiger partial charge in [0.05, 0.1) is 30.3 Å². The van der Waals surface area contributed by atoms with Crippen LogP contribution in [0.25, 0.3) is 0 Å². The van der Waals surface area contributed by atoms with Gasteiger partial charge in [0.15, 0.2) is 0 Å². The highest BCUT2D eigenvalue weighted by Crippen LogP contribution is 2.26. The van der Waals surface area contributed by atoms with Crippen LogP contribution in [0.1, 0.15) is 30.3 Å². The van der Waals surface area contributed by atoms with Crippen molar-refractivity contribution >= 4 is 23.3 Å². The number of pyridine rings is 1. The third-order valence-corrected chi connectivity index (χ3v) is 2.48. The predicted molar refractivity (Wildman–Crippen MR) is 63.5 cm³/mol. The molecule has 0 saturated carbocycles. The number of carbonyl (C=O) groups excluding carboxylic acids is 1. The van der Waals surface area contributed by atoms with Crippen LogP contribution in [0, 0.1) is 0 Å². The summed E-state index contributed by atoms with van der Waals surface area (Å²) in [5.41, 5.74) is 5.41.